The topological polar surface area (TPSA) is 90.9 Å². The normalized spacial score (nSPS) is 12.1. The van der Waals surface area contributed by atoms with Gasteiger partial charge in [0.25, 0.3) is 5.91 Å². The number of amides is 1. The van der Waals surface area contributed by atoms with Crippen LogP contribution in [0.3, 0.4) is 0 Å². The predicted molar refractivity (Wildman–Crippen MR) is 75.1 cm³/mol. The number of aliphatic hydroxyl groups is 1. The van der Waals surface area contributed by atoms with Crippen LogP contribution in [0.25, 0.3) is 11.4 Å². The minimum atomic E-state index is -0.128. The highest BCUT2D eigenvalue weighted by Gasteiger charge is 2.11. The Kier molecular flexibility index (Phi) is 4.84. The number of carbonyl (C=O) groups excluding carboxylic acids is 1. The average Bonchev–Trinajstić information content (AvgIpc) is 2.99. The maximum atomic E-state index is 12.1. The molecule has 0 bridgehead atoms. The number of nitrogens with zero attached hydrogens (tertiary/aromatic N) is 2. The lowest BCUT2D eigenvalue weighted by Crippen LogP contribution is -2.32. The van der Waals surface area contributed by atoms with Crippen molar-refractivity contribution in [1.29, 1.82) is 0 Å². The first-order valence-corrected chi connectivity index (χ1v) is 6.58. The summed E-state index contributed by atoms with van der Waals surface area (Å²) < 4.78 is 0. The van der Waals surface area contributed by atoms with E-state index in [0.717, 1.165) is 12.0 Å². The molecular formula is C14H18N4O2. The van der Waals surface area contributed by atoms with E-state index in [-0.39, 0.29) is 18.6 Å². The maximum absolute atomic E-state index is 12.1. The summed E-state index contributed by atoms with van der Waals surface area (Å²) in [4.78, 5) is 16.2. The lowest BCUT2D eigenvalue weighted by molar-refractivity contribution is 0.0936. The molecular weight excluding hydrogens is 256 g/mol. The summed E-state index contributed by atoms with van der Waals surface area (Å²) in [6, 6.07) is 7.24. The molecule has 6 heteroatoms. The first-order chi connectivity index (χ1) is 9.70. The summed E-state index contributed by atoms with van der Waals surface area (Å²) in [5.74, 6) is 0.504. The van der Waals surface area contributed by atoms with Crippen LogP contribution in [0.1, 0.15) is 30.1 Å². The highest BCUT2D eigenvalue weighted by molar-refractivity contribution is 5.95. The number of carbonyl (C=O) groups is 1. The number of aliphatic hydroxyl groups excluding tert-OH is 1. The first-order valence-electron chi connectivity index (χ1n) is 6.58. The van der Waals surface area contributed by atoms with Crippen molar-refractivity contribution in [3.05, 3.63) is 36.2 Å². The standard InChI is InChI=1S/C14H18N4O2/c1-10(4-3-7-19)17-14(20)12-6-2-5-11(8-12)13-15-9-16-18-13/h2,5-6,8-10,19H,3-4,7H2,1H3,(H,17,20)(H,15,16,18). The molecule has 1 unspecified atom stereocenters. The van der Waals surface area contributed by atoms with Crippen molar-refractivity contribution < 1.29 is 9.90 Å². The third-order valence-electron chi connectivity index (χ3n) is 2.99. The summed E-state index contributed by atoms with van der Waals surface area (Å²) in [7, 11) is 0. The monoisotopic (exact) mass is 274 g/mol. The molecule has 2 aromatic rings. The number of aromatic nitrogens is 3. The van der Waals surface area contributed by atoms with E-state index in [2.05, 4.69) is 20.5 Å². The van der Waals surface area contributed by atoms with Gasteiger partial charge in [-0.3, -0.25) is 9.89 Å². The summed E-state index contributed by atoms with van der Waals surface area (Å²) in [5.41, 5.74) is 1.40. The number of hydrogen-bond acceptors (Lipinski definition) is 4. The quantitative estimate of drug-likeness (QED) is 0.742. The molecule has 1 heterocycles. The number of hydrogen-bond donors (Lipinski definition) is 3. The molecule has 1 amide bonds. The second kappa shape index (κ2) is 6.81. The van der Waals surface area contributed by atoms with Crippen molar-refractivity contribution in [1.82, 2.24) is 20.5 Å². The number of aromatic amines is 1. The predicted octanol–water partition coefficient (Wildman–Crippen LogP) is 1.36. The van der Waals surface area contributed by atoms with Crippen LogP contribution >= 0.6 is 0 Å². The zero-order valence-electron chi connectivity index (χ0n) is 11.3. The van der Waals surface area contributed by atoms with Crippen LogP contribution in [0, 0.1) is 0 Å². The summed E-state index contributed by atoms with van der Waals surface area (Å²) in [5, 5.41) is 18.2. The molecule has 106 valence electrons. The van der Waals surface area contributed by atoms with E-state index in [4.69, 9.17) is 5.11 Å². The van der Waals surface area contributed by atoms with E-state index >= 15 is 0 Å². The fourth-order valence-corrected chi connectivity index (χ4v) is 1.93. The van der Waals surface area contributed by atoms with Crippen molar-refractivity contribution in [2.45, 2.75) is 25.8 Å². The van der Waals surface area contributed by atoms with Gasteiger partial charge < -0.3 is 10.4 Å². The van der Waals surface area contributed by atoms with Crippen molar-refractivity contribution in [2.75, 3.05) is 6.61 Å². The van der Waals surface area contributed by atoms with Gasteiger partial charge in [0, 0.05) is 23.8 Å². The van der Waals surface area contributed by atoms with Gasteiger partial charge in [-0.1, -0.05) is 12.1 Å². The summed E-state index contributed by atoms with van der Waals surface area (Å²) >= 11 is 0. The van der Waals surface area contributed by atoms with Gasteiger partial charge in [0.1, 0.15) is 6.33 Å². The van der Waals surface area contributed by atoms with E-state index in [1.807, 2.05) is 19.1 Å². The fourth-order valence-electron chi connectivity index (χ4n) is 1.93. The molecule has 0 fully saturated rings. The van der Waals surface area contributed by atoms with Crippen molar-refractivity contribution >= 4 is 5.91 Å². The van der Waals surface area contributed by atoms with Crippen LogP contribution in [0.15, 0.2) is 30.6 Å². The third-order valence-corrected chi connectivity index (χ3v) is 2.99. The first kappa shape index (κ1) is 14.2. The van der Waals surface area contributed by atoms with Crippen LogP contribution in [0.4, 0.5) is 0 Å². The fraction of sp³-hybridized carbons (Fsp3) is 0.357. The SMILES string of the molecule is CC(CCCO)NC(=O)c1cccc(-c2ncn[nH]2)c1. The number of benzene rings is 1. The molecule has 2 rings (SSSR count). The van der Waals surface area contributed by atoms with Gasteiger partial charge in [-0.25, -0.2) is 4.98 Å². The van der Waals surface area contributed by atoms with Crippen LogP contribution < -0.4 is 5.32 Å². The minimum Gasteiger partial charge on any atom is -0.396 e. The Hall–Kier alpha value is -2.21. The molecule has 3 N–H and O–H groups in total. The highest BCUT2D eigenvalue weighted by Crippen LogP contribution is 2.15. The van der Waals surface area contributed by atoms with Crippen LogP contribution in [-0.4, -0.2) is 38.8 Å². The van der Waals surface area contributed by atoms with Crippen molar-refractivity contribution in [3.63, 3.8) is 0 Å². The van der Waals surface area contributed by atoms with E-state index in [1.54, 1.807) is 12.1 Å². The summed E-state index contributed by atoms with van der Waals surface area (Å²) in [6.45, 7) is 2.06. The lowest BCUT2D eigenvalue weighted by Gasteiger charge is -2.13. The molecule has 0 saturated heterocycles. The average molecular weight is 274 g/mol. The summed E-state index contributed by atoms with van der Waals surface area (Å²) in [6.07, 6.45) is 2.86. The van der Waals surface area contributed by atoms with Gasteiger partial charge in [-0.2, -0.15) is 5.10 Å². The van der Waals surface area contributed by atoms with E-state index in [0.29, 0.717) is 17.8 Å². The Morgan fingerprint density at radius 3 is 3.05 bits per heavy atom. The van der Waals surface area contributed by atoms with Crippen molar-refractivity contribution in [3.8, 4) is 11.4 Å². The van der Waals surface area contributed by atoms with E-state index in [9.17, 15) is 4.79 Å². The molecule has 1 aromatic carbocycles. The highest BCUT2D eigenvalue weighted by atomic mass is 16.3. The van der Waals surface area contributed by atoms with Gasteiger partial charge in [0.2, 0.25) is 0 Å². The minimum absolute atomic E-state index is 0.0311. The zero-order valence-corrected chi connectivity index (χ0v) is 11.3. The van der Waals surface area contributed by atoms with Crippen molar-refractivity contribution in [2.24, 2.45) is 0 Å². The largest absolute Gasteiger partial charge is 0.396 e. The lowest BCUT2D eigenvalue weighted by atomic mass is 10.1. The smallest absolute Gasteiger partial charge is 0.251 e. The molecule has 0 aliphatic carbocycles. The Morgan fingerprint density at radius 1 is 1.50 bits per heavy atom. The van der Waals surface area contributed by atoms with Gasteiger partial charge in [-0.15, -0.1) is 0 Å². The van der Waals surface area contributed by atoms with E-state index < -0.39 is 0 Å². The molecule has 0 radical (unpaired) electrons. The zero-order chi connectivity index (χ0) is 14.4. The molecule has 0 spiro atoms. The molecule has 20 heavy (non-hydrogen) atoms. The Bertz CT molecular complexity index is 554. The number of H-pyrrole nitrogens is 1. The molecule has 1 atom stereocenters. The molecule has 1 aromatic heterocycles. The van der Waals surface area contributed by atoms with Gasteiger partial charge >= 0.3 is 0 Å². The van der Waals surface area contributed by atoms with Crippen LogP contribution in [-0.2, 0) is 0 Å². The molecule has 0 aliphatic heterocycles. The van der Waals surface area contributed by atoms with Gasteiger partial charge in [0.05, 0.1) is 0 Å². The Morgan fingerprint density at radius 2 is 2.35 bits per heavy atom. The Labute approximate surface area is 117 Å². The maximum Gasteiger partial charge on any atom is 0.251 e. The molecule has 0 saturated carbocycles. The third kappa shape index (κ3) is 3.64. The van der Waals surface area contributed by atoms with E-state index in [1.165, 1.54) is 6.33 Å². The van der Waals surface area contributed by atoms with Gasteiger partial charge in [0.15, 0.2) is 5.82 Å². The second-order valence-corrected chi connectivity index (χ2v) is 4.66. The number of nitrogens with one attached hydrogen (secondary N) is 2. The molecule has 0 aliphatic rings. The van der Waals surface area contributed by atoms with Gasteiger partial charge in [-0.05, 0) is 31.9 Å². The van der Waals surface area contributed by atoms with Crippen LogP contribution in [0.5, 0.6) is 0 Å². The Balaban J connectivity index is 2.05. The second-order valence-electron chi connectivity index (χ2n) is 4.66. The van der Waals surface area contributed by atoms with Crippen LogP contribution in [0.2, 0.25) is 0 Å². The number of rotatable bonds is 6. The molecule has 6 nitrogen and oxygen atoms in total.